The van der Waals surface area contributed by atoms with Gasteiger partial charge in [-0.05, 0) is 37.7 Å². The monoisotopic (exact) mass is 239 g/mol. The molecule has 0 aliphatic carbocycles. The highest BCUT2D eigenvalue weighted by atomic mass is 32.1. The van der Waals surface area contributed by atoms with Crippen molar-refractivity contribution in [2.45, 2.75) is 19.9 Å². The summed E-state index contributed by atoms with van der Waals surface area (Å²) in [6.07, 6.45) is 1.80. The molecule has 0 amide bonds. The number of methoxy groups -OCH3 is 1. The van der Waals surface area contributed by atoms with E-state index in [4.69, 9.17) is 17.0 Å². The third kappa shape index (κ3) is 4.55. The highest BCUT2D eigenvalue weighted by molar-refractivity contribution is 7.80. The van der Waals surface area contributed by atoms with Crippen molar-refractivity contribution in [1.29, 1.82) is 0 Å². The Morgan fingerprint density at radius 1 is 1.56 bits per heavy atom. The molecule has 0 aliphatic rings. The zero-order valence-electron chi connectivity index (χ0n) is 9.78. The van der Waals surface area contributed by atoms with Gasteiger partial charge in [-0.15, -0.1) is 0 Å². The molecular formula is C11H17N3OS. The molecule has 2 N–H and O–H groups in total. The van der Waals surface area contributed by atoms with Gasteiger partial charge in [0.1, 0.15) is 5.82 Å². The smallest absolute Gasteiger partial charge is 0.172 e. The quantitative estimate of drug-likeness (QED) is 0.783. The van der Waals surface area contributed by atoms with Crippen LogP contribution in [0, 0.1) is 6.92 Å². The lowest BCUT2D eigenvalue weighted by Gasteiger charge is -2.15. The van der Waals surface area contributed by atoms with Crippen molar-refractivity contribution in [3.63, 3.8) is 0 Å². The van der Waals surface area contributed by atoms with Crippen LogP contribution < -0.4 is 10.6 Å². The van der Waals surface area contributed by atoms with Crippen molar-refractivity contribution in [2.75, 3.05) is 19.0 Å². The Labute approximate surface area is 101 Å². The Morgan fingerprint density at radius 3 is 2.88 bits per heavy atom. The number of hydrogen-bond acceptors (Lipinski definition) is 3. The van der Waals surface area contributed by atoms with Gasteiger partial charge in [-0.1, -0.05) is 6.07 Å². The van der Waals surface area contributed by atoms with E-state index < -0.39 is 0 Å². The van der Waals surface area contributed by atoms with E-state index in [-0.39, 0.29) is 6.04 Å². The van der Waals surface area contributed by atoms with Gasteiger partial charge in [-0.25, -0.2) is 4.98 Å². The Bertz CT molecular complexity index is 340. The zero-order chi connectivity index (χ0) is 12.0. The minimum Gasteiger partial charge on any atom is -0.383 e. The Morgan fingerprint density at radius 2 is 2.31 bits per heavy atom. The maximum absolute atomic E-state index is 5.14. The van der Waals surface area contributed by atoms with Gasteiger partial charge < -0.3 is 15.4 Å². The molecule has 0 saturated carbocycles. The van der Waals surface area contributed by atoms with Crippen LogP contribution in [-0.4, -0.2) is 29.9 Å². The summed E-state index contributed by atoms with van der Waals surface area (Å²) in [5, 5.41) is 6.67. The first-order valence-electron chi connectivity index (χ1n) is 5.11. The fourth-order valence-corrected chi connectivity index (χ4v) is 1.52. The second-order valence-corrected chi connectivity index (χ2v) is 4.08. The minimum atomic E-state index is 0.176. The van der Waals surface area contributed by atoms with Gasteiger partial charge in [-0.3, -0.25) is 0 Å². The number of aryl methyl sites for hydroxylation is 1. The number of hydrogen-bond donors (Lipinski definition) is 2. The van der Waals surface area contributed by atoms with Crippen LogP contribution in [0.4, 0.5) is 5.82 Å². The molecule has 0 aliphatic heterocycles. The van der Waals surface area contributed by atoms with E-state index in [0.29, 0.717) is 11.7 Å². The van der Waals surface area contributed by atoms with E-state index in [9.17, 15) is 0 Å². The molecule has 4 nitrogen and oxygen atoms in total. The van der Waals surface area contributed by atoms with Crippen molar-refractivity contribution in [3.05, 3.63) is 23.9 Å². The summed E-state index contributed by atoms with van der Waals surface area (Å²) < 4.78 is 5.00. The SMILES string of the molecule is COCC(C)NC(=S)Nc1ccc(C)cn1. The van der Waals surface area contributed by atoms with Crippen LogP contribution in [0.3, 0.4) is 0 Å². The molecular weight excluding hydrogens is 222 g/mol. The Kier molecular flexibility index (Phi) is 5.14. The third-order valence-electron chi connectivity index (χ3n) is 1.95. The molecule has 88 valence electrons. The first-order valence-corrected chi connectivity index (χ1v) is 5.51. The average molecular weight is 239 g/mol. The molecule has 1 atom stereocenters. The maximum Gasteiger partial charge on any atom is 0.172 e. The van der Waals surface area contributed by atoms with Crippen LogP contribution >= 0.6 is 12.2 Å². The summed E-state index contributed by atoms with van der Waals surface area (Å²) in [6.45, 7) is 4.61. The van der Waals surface area contributed by atoms with Crippen LogP contribution in [0.25, 0.3) is 0 Å². The second-order valence-electron chi connectivity index (χ2n) is 3.68. The fraction of sp³-hybridized carbons (Fsp3) is 0.455. The molecule has 0 spiro atoms. The van der Waals surface area contributed by atoms with Gasteiger partial charge in [0.2, 0.25) is 0 Å². The van der Waals surface area contributed by atoms with Crippen LogP contribution in [0.1, 0.15) is 12.5 Å². The van der Waals surface area contributed by atoms with Gasteiger partial charge in [0.05, 0.1) is 6.61 Å². The lowest BCUT2D eigenvalue weighted by atomic mass is 10.3. The van der Waals surface area contributed by atoms with Crippen LogP contribution in [0.15, 0.2) is 18.3 Å². The van der Waals surface area contributed by atoms with Gasteiger partial charge in [0.25, 0.3) is 0 Å². The molecule has 16 heavy (non-hydrogen) atoms. The van der Waals surface area contributed by atoms with Crippen molar-refractivity contribution in [1.82, 2.24) is 10.3 Å². The van der Waals surface area contributed by atoms with E-state index in [1.807, 2.05) is 26.0 Å². The number of aromatic nitrogens is 1. The molecule has 1 aromatic heterocycles. The number of ether oxygens (including phenoxy) is 1. The second kappa shape index (κ2) is 6.40. The number of nitrogens with zero attached hydrogens (tertiary/aromatic N) is 1. The van der Waals surface area contributed by atoms with Gasteiger partial charge in [0, 0.05) is 19.3 Å². The third-order valence-corrected chi connectivity index (χ3v) is 2.17. The predicted octanol–water partition coefficient (Wildman–Crippen LogP) is 1.71. The highest BCUT2D eigenvalue weighted by Gasteiger charge is 2.03. The first kappa shape index (κ1) is 12.9. The molecule has 1 aromatic rings. The molecule has 0 radical (unpaired) electrons. The molecule has 5 heteroatoms. The van der Waals surface area contributed by atoms with Gasteiger partial charge in [0.15, 0.2) is 5.11 Å². The molecule has 1 heterocycles. The first-order chi connectivity index (χ1) is 7.61. The lowest BCUT2D eigenvalue weighted by Crippen LogP contribution is -2.38. The summed E-state index contributed by atoms with van der Waals surface area (Å²) in [7, 11) is 1.66. The topological polar surface area (TPSA) is 46.2 Å². The average Bonchev–Trinajstić information content (AvgIpc) is 2.21. The van der Waals surface area contributed by atoms with Gasteiger partial charge in [-0.2, -0.15) is 0 Å². The Balaban J connectivity index is 2.42. The lowest BCUT2D eigenvalue weighted by molar-refractivity contribution is 0.179. The molecule has 0 bridgehead atoms. The number of nitrogens with one attached hydrogen (secondary N) is 2. The minimum absolute atomic E-state index is 0.176. The number of anilines is 1. The normalized spacial score (nSPS) is 11.9. The van der Waals surface area contributed by atoms with E-state index in [1.54, 1.807) is 13.3 Å². The molecule has 0 saturated heterocycles. The molecule has 1 unspecified atom stereocenters. The largest absolute Gasteiger partial charge is 0.383 e. The van der Waals surface area contributed by atoms with Crippen molar-refractivity contribution < 1.29 is 4.74 Å². The van der Waals surface area contributed by atoms with E-state index >= 15 is 0 Å². The summed E-state index contributed by atoms with van der Waals surface area (Å²) in [5.41, 5.74) is 1.12. The molecule has 1 rings (SSSR count). The van der Waals surface area contributed by atoms with E-state index in [2.05, 4.69) is 15.6 Å². The molecule has 0 aromatic carbocycles. The summed E-state index contributed by atoms with van der Waals surface area (Å²) in [5.74, 6) is 0.743. The van der Waals surface area contributed by atoms with Crippen molar-refractivity contribution >= 4 is 23.1 Å². The van der Waals surface area contributed by atoms with Crippen LogP contribution in [0.5, 0.6) is 0 Å². The van der Waals surface area contributed by atoms with E-state index in [1.165, 1.54) is 0 Å². The summed E-state index contributed by atoms with van der Waals surface area (Å²) in [6, 6.07) is 4.05. The van der Waals surface area contributed by atoms with Gasteiger partial charge >= 0.3 is 0 Å². The number of thiocarbonyl (C=S) groups is 1. The standard InChI is InChI=1S/C11H17N3OS/c1-8-4-5-10(12-6-8)14-11(16)13-9(2)7-15-3/h4-6,9H,7H2,1-3H3,(H2,12,13,14,16). The Hall–Kier alpha value is -1.20. The highest BCUT2D eigenvalue weighted by Crippen LogP contribution is 2.03. The zero-order valence-corrected chi connectivity index (χ0v) is 10.6. The number of pyridine rings is 1. The predicted molar refractivity (Wildman–Crippen MR) is 69.7 cm³/mol. The maximum atomic E-state index is 5.14. The van der Waals surface area contributed by atoms with Crippen LogP contribution in [0.2, 0.25) is 0 Å². The van der Waals surface area contributed by atoms with Crippen LogP contribution in [-0.2, 0) is 4.74 Å². The van der Waals surface area contributed by atoms with E-state index in [0.717, 1.165) is 11.4 Å². The summed E-state index contributed by atoms with van der Waals surface area (Å²) >= 11 is 5.14. The molecule has 0 fully saturated rings. The fourth-order valence-electron chi connectivity index (χ4n) is 1.21. The summed E-state index contributed by atoms with van der Waals surface area (Å²) in [4.78, 5) is 4.20. The van der Waals surface area contributed by atoms with Crippen molar-refractivity contribution in [3.8, 4) is 0 Å². The van der Waals surface area contributed by atoms with Crippen molar-refractivity contribution in [2.24, 2.45) is 0 Å². The number of rotatable bonds is 4.